The Morgan fingerprint density at radius 2 is 1.84 bits per heavy atom. The van der Waals surface area contributed by atoms with Crippen LogP contribution in [0.1, 0.15) is 20.8 Å². The number of hydrogen-bond acceptors (Lipinski definition) is 6. The van der Waals surface area contributed by atoms with Crippen molar-refractivity contribution >= 4 is 38.8 Å². The smallest absolute Gasteiger partial charge is 0.261 e. The van der Waals surface area contributed by atoms with Crippen LogP contribution in [0.3, 0.4) is 0 Å². The maximum absolute atomic E-state index is 12.7. The topological polar surface area (TPSA) is 54.5 Å². The highest BCUT2D eigenvalue weighted by atomic mass is 32.1. The highest BCUT2D eigenvalue weighted by molar-refractivity contribution is 7.26. The predicted octanol–water partition coefficient (Wildman–Crippen LogP) is 4.79. The highest BCUT2D eigenvalue weighted by Gasteiger charge is 2.14. The summed E-state index contributed by atoms with van der Waals surface area (Å²) in [6, 6.07) is 20.4. The standard InChI is InChI=1S/C24H23N3O2S2/c28-23(21-8-9-22(30-21)24-26-19-6-1-2-7-20(19)31-24)25-15-17-4-3-5-18(14-17)16-27-10-12-29-13-11-27/h1-9,14H,10-13,15-16H2,(H,25,28). The van der Waals surface area contributed by atoms with Gasteiger partial charge in [-0.15, -0.1) is 22.7 Å². The van der Waals surface area contributed by atoms with Gasteiger partial charge in [0.1, 0.15) is 5.01 Å². The van der Waals surface area contributed by atoms with Crippen molar-refractivity contribution < 1.29 is 9.53 Å². The summed E-state index contributed by atoms with van der Waals surface area (Å²) in [5, 5.41) is 4.02. The van der Waals surface area contributed by atoms with Crippen molar-refractivity contribution in [2.45, 2.75) is 13.1 Å². The van der Waals surface area contributed by atoms with Crippen LogP contribution in [0, 0.1) is 0 Å². The van der Waals surface area contributed by atoms with Crippen LogP contribution in [-0.4, -0.2) is 42.1 Å². The molecule has 7 heteroatoms. The predicted molar refractivity (Wildman–Crippen MR) is 127 cm³/mol. The van der Waals surface area contributed by atoms with Crippen molar-refractivity contribution in [1.82, 2.24) is 15.2 Å². The third-order valence-corrected chi connectivity index (χ3v) is 7.58. The molecule has 5 rings (SSSR count). The minimum Gasteiger partial charge on any atom is -0.379 e. The third kappa shape index (κ3) is 4.85. The summed E-state index contributed by atoms with van der Waals surface area (Å²) in [7, 11) is 0. The number of carbonyl (C=O) groups is 1. The fourth-order valence-corrected chi connectivity index (χ4v) is 5.62. The van der Waals surface area contributed by atoms with Crippen LogP contribution in [0.4, 0.5) is 0 Å². The van der Waals surface area contributed by atoms with Gasteiger partial charge in [-0.1, -0.05) is 36.4 Å². The maximum atomic E-state index is 12.7. The number of nitrogens with zero attached hydrogens (tertiary/aromatic N) is 2. The van der Waals surface area contributed by atoms with Crippen LogP contribution in [0.15, 0.2) is 60.7 Å². The second-order valence-corrected chi connectivity index (χ2v) is 9.66. The number of benzene rings is 2. The lowest BCUT2D eigenvalue weighted by Gasteiger charge is -2.26. The Kier molecular flexibility index (Phi) is 6.08. The number of para-hydroxylation sites is 1. The lowest BCUT2D eigenvalue weighted by atomic mass is 10.1. The molecule has 31 heavy (non-hydrogen) atoms. The molecule has 1 N–H and O–H groups in total. The summed E-state index contributed by atoms with van der Waals surface area (Å²) < 4.78 is 6.58. The minimum absolute atomic E-state index is 0.0454. The molecule has 5 nitrogen and oxygen atoms in total. The Morgan fingerprint density at radius 3 is 2.71 bits per heavy atom. The number of carbonyl (C=O) groups excluding carboxylic acids is 1. The number of morpholine rings is 1. The van der Waals surface area contributed by atoms with E-state index in [1.165, 1.54) is 16.9 Å². The number of aromatic nitrogens is 1. The number of nitrogens with one attached hydrogen (secondary N) is 1. The molecule has 158 valence electrons. The van der Waals surface area contributed by atoms with Crippen LogP contribution < -0.4 is 5.32 Å². The van der Waals surface area contributed by atoms with E-state index in [4.69, 9.17) is 9.72 Å². The molecule has 1 saturated heterocycles. The Bertz CT molecular complexity index is 1160. The first kappa shape index (κ1) is 20.3. The summed E-state index contributed by atoms with van der Waals surface area (Å²) in [6.45, 7) is 4.98. The number of ether oxygens (including phenoxy) is 1. The van der Waals surface area contributed by atoms with Crippen LogP contribution in [0.5, 0.6) is 0 Å². The molecule has 1 amide bonds. The van der Waals surface area contributed by atoms with Crippen LogP contribution in [0.25, 0.3) is 20.1 Å². The molecule has 0 unspecified atom stereocenters. The zero-order valence-corrected chi connectivity index (χ0v) is 18.7. The fourth-order valence-electron chi connectivity index (χ4n) is 3.68. The second kappa shape index (κ2) is 9.28. The van der Waals surface area contributed by atoms with Gasteiger partial charge in [0.15, 0.2) is 0 Å². The molecule has 0 saturated carbocycles. The van der Waals surface area contributed by atoms with Crippen molar-refractivity contribution in [2.75, 3.05) is 26.3 Å². The zero-order chi connectivity index (χ0) is 21.0. The van der Waals surface area contributed by atoms with E-state index in [1.54, 1.807) is 11.3 Å². The van der Waals surface area contributed by atoms with E-state index in [1.807, 2.05) is 30.3 Å². The van der Waals surface area contributed by atoms with E-state index < -0.39 is 0 Å². The van der Waals surface area contributed by atoms with Crippen molar-refractivity contribution in [3.8, 4) is 9.88 Å². The zero-order valence-electron chi connectivity index (χ0n) is 17.0. The average Bonchev–Trinajstić information content (AvgIpc) is 3.46. The Morgan fingerprint density at radius 1 is 1.00 bits per heavy atom. The summed E-state index contributed by atoms with van der Waals surface area (Å²) in [5.41, 5.74) is 3.38. The normalized spacial score (nSPS) is 14.7. The first-order valence-electron chi connectivity index (χ1n) is 10.4. The first-order valence-corrected chi connectivity index (χ1v) is 12.0. The minimum atomic E-state index is -0.0454. The molecule has 1 aliphatic rings. The average molecular weight is 450 g/mol. The summed E-state index contributed by atoms with van der Waals surface area (Å²) in [5.74, 6) is -0.0454. The van der Waals surface area contributed by atoms with Gasteiger partial charge < -0.3 is 10.1 Å². The molecule has 2 aromatic heterocycles. The molecule has 4 aromatic rings. The lowest BCUT2D eigenvalue weighted by Crippen LogP contribution is -2.35. The summed E-state index contributed by atoms with van der Waals surface area (Å²) in [6.07, 6.45) is 0. The van der Waals surface area contributed by atoms with Gasteiger partial charge in [-0.25, -0.2) is 4.98 Å². The van der Waals surface area contributed by atoms with Gasteiger partial charge in [-0.3, -0.25) is 9.69 Å². The molecule has 0 radical (unpaired) electrons. The number of thiazole rings is 1. The molecule has 1 fully saturated rings. The van der Waals surface area contributed by atoms with Gasteiger partial charge in [0.25, 0.3) is 5.91 Å². The fraction of sp³-hybridized carbons (Fsp3) is 0.250. The van der Waals surface area contributed by atoms with E-state index >= 15 is 0 Å². The van der Waals surface area contributed by atoms with Crippen molar-refractivity contribution in [3.63, 3.8) is 0 Å². The Balaban J connectivity index is 1.21. The monoisotopic (exact) mass is 449 g/mol. The van der Waals surface area contributed by atoms with Gasteiger partial charge in [0, 0.05) is 26.2 Å². The molecular formula is C24H23N3O2S2. The van der Waals surface area contributed by atoms with Gasteiger partial charge >= 0.3 is 0 Å². The maximum Gasteiger partial charge on any atom is 0.261 e. The number of amides is 1. The van der Waals surface area contributed by atoms with E-state index in [0.29, 0.717) is 11.4 Å². The molecule has 0 spiro atoms. The first-order chi connectivity index (χ1) is 15.2. The molecule has 3 heterocycles. The van der Waals surface area contributed by atoms with Crippen LogP contribution in [-0.2, 0) is 17.8 Å². The van der Waals surface area contributed by atoms with Crippen LogP contribution in [0.2, 0.25) is 0 Å². The van der Waals surface area contributed by atoms with Gasteiger partial charge in [-0.05, 0) is 35.4 Å². The molecule has 0 bridgehead atoms. The summed E-state index contributed by atoms with van der Waals surface area (Å²) >= 11 is 3.15. The second-order valence-electron chi connectivity index (χ2n) is 7.54. The Labute approximate surface area is 189 Å². The number of fused-ring (bicyclic) bond motifs is 1. The van der Waals surface area contributed by atoms with Crippen LogP contribution >= 0.6 is 22.7 Å². The Hall–Kier alpha value is -2.58. The van der Waals surface area contributed by atoms with Crippen molar-refractivity contribution in [3.05, 3.63) is 76.7 Å². The third-order valence-electron chi connectivity index (χ3n) is 5.29. The molecule has 0 aliphatic carbocycles. The van der Waals surface area contributed by atoms with E-state index in [-0.39, 0.29) is 5.91 Å². The van der Waals surface area contributed by atoms with E-state index in [9.17, 15) is 4.79 Å². The number of hydrogen-bond donors (Lipinski definition) is 1. The van der Waals surface area contributed by atoms with E-state index in [2.05, 4.69) is 40.5 Å². The molecule has 2 aromatic carbocycles. The van der Waals surface area contributed by atoms with Gasteiger partial charge in [0.05, 0.1) is 33.2 Å². The van der Waals surface area contributed by atoms with Crippen molar-refractivity contribution in [1.29, 1.82) is 0 Å². The van der Waals surface area contributed by atoms with Gasteiger partial charge in [0.2, 0.25) is 0 Å². The van der Waals surface area contributed by atoms with Gasteiger partial charge in [-0.2, -0.15) is 0 Å². The number of rotatable bonds is 6. The van der Waals surface area contributed by atoms with Crippen molar-refractivity contribution in [2.24, 2.45) is 0 Å². The quantitative estimate of drug-likeness (QED) is 0.460. The molecule has 1 aliphatic heterocycles. The largest absolute Gasteiger partial charge is 0.379 e. The summed E-state index contributed by atoms with van der Waals surface area (Å²) in [4.78, 5) is 21.5. The molecule has 0 atom stereocenters. The van der Waals surface area contributed by atoms with E-state index in [0.717, 1.165) is 58.5 Å². The highest BCUT2D eigenvalue weighted by Crippen LogP contribution is 2.34. The SMILES string of the molecule is O=C(NCc1cccc(CN2CCOCC2)c1)c1ccc(-c2nc3ccccc3s2)s1. The molecular weight excluding hydrogens is 426 g/mol. The lowest BCUT2D eigenvalue weighted by molar-refractivity contribution is 0.0342. The number of thiophene rings is 1.